The molecule has 4 heteroatoms. The van der Waals surface area contributed by atoms with E-state index in [1.165, 1.54) is 0 Å². The summed E-state index contributed by atoms with van der Waals surface area (Å²) in [4.78, 5) is 4.32. The summed E-state index contributed by atoms with van der Waals surface area (Å²) in [5.74, 6) is 0. The fraction of sp³-hybridized carbons (Fsp3) is 0.0667. The first-order chi connectivity index (χ1) is 9.28. The maximum atomic E-state index is 8.78. The minimum Gasteiger partial charge on any atom is -0.310 e. The van der Waals surface area contributed by atoms with Gasteiger partial charge in [-0.3, -0.25) is 0 Å². The first kappa shape index (κ1) is 11.8. The van der Waals surface area contributed by atoms with Gasteiger partial charge in [0.05, 0.1) is 29.2 Å². The maximum Gasteiger partial charge on any atom is 0.204 e. The molecule has 92 valence electrons. The molecule has 0 saturated carbocycles. The Morgan fingerprint density at radius 1 is 1.11 bits per heavy atom. The Morgan fingerprint density at radius 3 is 2.58 bits per heavy atom. The molecule has 0 radical (unpaired) electrons. The van der Waals surface area contributed by atoms with E-state index >= 15 is 0 Å². The first-order valence-electron chi connectivity index (χ1n) is 5.88. The molecule has 1 heterocycles. The minimum absolute atomic E-state index is 0.477. The molecule has 3 rings (SSSR count). The Labute approximate surface area is 115 Å². The summed E-state index contributed by atoms with van der Waals surface area (Å²) in [7, 11) is 0. The Hall–Kier alpha value is -2.31. The van der Waals surface area contributed by atoms with Crippen LogP contribution in [0.25, 0.3) is 11.0 Å². The third-order valence-electron chi connectivity index (χ3n) is 3.03. The molecule has 3 aromatic rings. The Kier molecular flexibility index (Phi) is 2.94. The molecule has 0 aliphatic carbocycles. The quantitative estimate of drug-likeness (QED) is 0.712. The van der Waals surface area contributed by atoms with Crippen LogP contribution in [0.15, 0.2) is 48.5 Å². The maximum absolute atomic E-state index is 8.78. The molecule has 1 aromatic heterocycles. The summed E-state index contributed by atoms with van der Waals surface area (Å²) in [6.45, 7) is 0.644. The van der Waals surface area contributed by atoms with Crippen LogP contribution < -0.4 is 0 Å². The molecule has 0 N–H and O–H groups in total. The Bertz CT molecular complexity index is 766. The van der Waals surface area contributed by atoms with Crippen LogP contribution in [0.2, 0.25) is 5.28 Å². The van der Waals surface area contributed by atoms with Crippen molar-refractivity contribution in [3.05, 3.63) is 64.9 Å². The van der Waals surface area contributed by atoms with Gasteiger partial charge in [0.1, 0.15) is 0 Å². The zero-order valence-electron chi connectivity index (χ0n) is 10.0. The minimum atomic E-state index is 0.477. The van der Waals surface area contributed by atoms with Crippen LogP contribution in [0, 0.1) is 11.3 Å². The number of rotatable bonds is 2. The lowest BCUT2D eigenvalue weighted by Crippen LogP contribution is -1.99. The zero-order chi connectivity index (χ0) is 13.2. The normalized spacial score (nSPS) is 10.5. The molecule has 0 fully saturated rings. The van der Waals surface area contributed by atoms with E-state index in [0.29, 0.717) is 17.4 Å². The standard InChI is InChI=1S/C15H10ClN3/c16-15-18-13-3-1-2-4-14(13)19(15)10-12-7-5-11(9-17)6-8-12/h1-8H,10H2. The number of para-hydroxylation sites is 2. The number of nitriles is 1. The lowest BCUT2D eigenvalue weighted by Gasteiger charge is -2.06. The largest absolute Gasteiger partial charge is 0.310 e. The SMILES string of the molecule is N#Cc1ccc(Cn2c(Cl)nc3ccccc32)cc1. The number of aromatic nitrogens is 2. The molecule has 0 saturated heterocycles. The molecule has 19 heavy (non-hydrogen) atoms. The summed E-state index contributed by atoms with van der Waals surface area (Å²) in [6.07, 6.45) is 0. The zero-order valence-corrected chi connectivity index (χ0v) is 10.8. The van der Waals surface area contributed by atoms with E-state index in [4.69, 9.17) is 16.9 Å². The second-order valence-electron chi connectivity index (χ2n) is 4.26. The van der Waals surface area contributed by atoms with E-state index in [0.717, 1.165) is 16.6 Å². The molecule has 0 bridgehead atoms. The van der Waals surface area contributed by atoms with Crippen molar-refractivity contribution in [2.45, 2.75) is 6.54 Å². The molecule has 2 aromatic carbocycles. The molecular formula is C15H10ClN3. The van der Waals surface area contributed by atoms with E-state index in [1.807, 2.05) is 53.1 Å². The van der Waals surface area contributed by atoms with Crippen LogP contribution in [-0.2, 0) is 6.54 Å². The van der Waals surface area contributed by atoms with E-state index < -0.39 is 0 Å². The van der Waals surface area contributed by atoms with E-state index in [9.17, 15) is 0 Å². The molecule has 0 aliphatic heterocycles. The number of hydrogen-bond acceptors (Lipinski definition) is 2. The van der Waals surface area contributed by atoms with Gasteiger partial charge < -0.3 is 4.57 Å². The van der Waals surface area contributed by atoms with Crippen molar-refractivity contribution in [2.24, 2.45) is 0 Å². The van der Waals surface area contributed by atoms with Crippen LogP contribution in [0.1, 0.15) is 11.1 Å². The van der Waals surface area contributed by atoms with Crippen molar-refractivity contribution in [3.8, 4) is 6.07 Å². The molecule has 3 nitrogen and oxygen atoms in total. The summed E-state index contributed by atoms with van der Waals surface area (Å²) in [5, 5.41) is 9.26. The van der Waals surface area contributed by atoms with Crippen molar-refractivity contribution in [1.29, 1.82) is 5.26 Å². The van der Waals surface area contributed by atoms with Gasteiger partial charge in [-0.05, 0) is 41.4 Å². The third-order valence-corrected chi connectivity index (χ3v) is 3.32. The average molecular weight is 268 g/mol. The van der Waals surface area contributed by atoms with Crippen molar-refractivity contribution >= 4 is 22.6 Å². The van der Waals surface area contributed by atoms with Gasteiger partial charge in [0.2, 0.25) is 5.28 Å². The summed E-state index contributed by atoms with van der Waals surface area (Å²) < 4.78 is 1.96. The van der Waals surface area contributed by atoms with Gasteiger partial charge in [-0.15, -0.1) is 0 Å². The van der Waals surface area contributed by atoms with Crippen molar-refractivity contribution in [2.75, 3.05) is 0 Å². The van der Waals surface area contributed by atoms with Crippen LogP contribution in [0.4, 0.5) is 0 Å². The Morgan fingerprint density at radius 2 is 1.84 bits per heavy atom. The van der Waals surface area contributed by atoms with Gasteiger partial charge >= 0.3 is 0 Å². The first-order valence-corrected chi connectivity index (χ1v) is 6.25. The predicted molar refractivity (Wildman–Crippen MR) is 75.0 cm³/mol. The smallest absolute Gasteiger partial charge is 0.204 e. The van der Waals surface area contributed by atoms with Crippen LogP contribution in [0.5, 0.6) is 0 Å². The fourth-order valence-corrected chi connectivity index (χ4v) is 2.31. The highest BCUT2D eigenvalue weighted by molar-refractivity contribution is 6.29. The van der Waals surface area contributed by atoms with Gasteiger partial charge in [0, 0.05) is 0 Å². The second kappa shape index (κ2) is 4.75. The van der Waals surface area contributed by atoms with Crippen LogP contribution >= 0.6 is 11.6 Å². The number of benzene rings is 2. The number of halogens is 1. The van der Waals surface area contributed by atoms with Gasteiger partial charge in [0.15, 0.2) is 0 Å². The lowest BCUT2D eigenvalue weighted by molar-refractivity contribution is 0.825. The van der Waals surface area contributed by atoms with E-state index in [2.05, 4.69) is 11.1 Å². The number of nitrogens with zero attached hydrogens (tertiary/aromatic N) is 3. The van der Waals surface area contributed by atoms with Crippen LogP contribution in [-0.4, -0.2) is 9.55 Å². The predicted octanol–water partition coefficient (Wildman–Crippen LogP) is 3.61. The van der Waals surface area contributed by atoms with Crippen LogP contribution in [0.3, 0.4) is 0 Å². The van der Waals surface area contributed by atoms with Crippen molar-refractivity contribution < 1.29 is 0 Å². The highest BCUT2D eigenvalue weighted by atomic mass is 35.5. The van der Waals surface area contributed by atoms with E-state index in [1.54, 1.807) is 0 Å². The number of hydrogen-bond donors (Lipinski definition) is 0. The highest BCUT2D eigenvalue weighted by Crippen LogP contribution is 2.21. The Balaban J connectivity index is 2.00. The molecular weight excluding hydrogens is 258 g/mol. The lowest BCUT2D eigenvalue weighted by atomic mass is 10.1. The average Bonchev–Trinajstić information content (AvgIpc) is 2.76. The second-order valence-corrected chi connectivity index (χ2v) is 4.60. The highest BCUT2D eigenvalue weighted by Gasteiger charge is 2.08. The van der Waals surface area contributed by atoms with Gasteiger partial charge in [-0.25, -0.2) is 4.98 Å². The molecule has 0 aliphatic rings. The molecule has 0 unspecified atom stereocenters. The fourth-order valence-electron chi connectivity index (χ4n) is 2.06. The molecule has 0 amide bonds. The van der Waals surface area contributed by atoms with E-state index in [-0.39, 0.29) is 0 Å². The van der Waals surface area contributed by atoms with Crippen molar-refractivity contribution in [1.82, 2.24) is 9.55 Å². The number of fused-ring (bicyclic) bond motifs is 1. The third kappa shape index (κ3) is 2.18. The molecule has 0 atom stereocenters. The summed E-state index contributed by atoms with van der Waals surface area (Å²) >= 11 is 6.18. The molecule has 0 spiro atoms. The summed E-state index contributed by atoms with van der Waals surface area (Å²) in [5.41, 5.74) is 3.65. The summed E-state index contributed by atoms with van der Waals surface area (Å²) in [6, 6.07) is 17.4. The van der Waals surface area contributed by atoms with Crippen molar-refractivity contribution in [3.63, 3.8) is 0 Å². The van der Waals surface area contributed by atoms with Gasteiger partial charge in [0.25, 0.3) is 0 Å². The monoisotopic (exact) mass is 267 g/mol. The van der Waals surface area contributed by atoms with Gasteiger partial charge in [-0.1, -0.05) is 24.3 Å². The van der Waals surface area contributed by atoms with Gasteiger partial charge in [-0.2, -0.15) is 5.26 Å². The number of imidazole rings is 1. The topological polar surface area (TPSA) is 41.6 Å².